The SMILES string of the molecule is CCCNc1ccc(Cl)c(Cn2cc(Cl)c(=O)[nH]c2=O)n1. The molecule has 0 atom stereocenters. The molecule has 6 nitrogen and oxygen atoms in total. The Morgan fingerprint density at radius 1 is 1.29 bits per heavy atom. The molecule has 0 saturated heterocycles. The fourth-order valence-electron chi connectivity index (χ4n) is 1.71. The van der Waals surface area contributed by atoms with Crippen LogP contribution in [0.5, 0.6) is 0 Å². The van der Waals surface area contributed by atoms with Gasteiger partial charge in [-0.3, -0.25) is 14.3 Å². The second-order valence-electron chi connectivity index (χ2n) is 4.42. The molecule has 0 aliphatic heterocycles. The standard InChI is InChI=1S/C13H14Cl2N4O2/c1-2-5-16-11-4-3-8(14)10(17-11)7-19-6-9(15)12(20)18-13(19)21/h3-4,6H,2,5,7H2,1H3,(H,16,17)(H,18,20,21). The van der Waals surface area contributed by atoms with Crippen LogP contribution in [0.25, 0.3) is 0 Å². The van der Waals surface area contributed by atoms with Crippen molar-refractivity contribution >= 4 is 29.0 Å². The van der Waals surface area contributed by atoms with E-state index >= 15 is 0 Å². The predicted molar refractivity (Wildman–Crippen MR) is 83.5 cm³/mol. The summed E-state index contributed by atoms with van der Waals surface area (Å²) in [6.07, 6.45) is 2.24. The molecule has 2 heterocycles. The van der Waals surface area contributed by atoms with Crippen LogP contribution >= 0.6 is 23.2 Å². The van der Waals surface area contributed by atoms with Crippen LogP contribution in [-0.4, -0.2) is 21.1 Å². The van der Waals surface area contributed by atoms with Crippen molar-refractivity contribution in [1.82, 2.24) is 14.5 Å². The van der Waals surface area contributed by atoms with Crippen LogP contribution in [0.2, 0.25) is 10.0 Å². The number of hydrogen-bond donors (Lipinski definition) is 2. The van der Waals surface area contributed by atoms with Crippen molar-refractivity contribution in [2.24, 2.45) is 0 Å². The van der Waals surface area contributed by atoms with Gasteiger partial charge in [-0.05, 0) is 18.6 Å². The number of aromatic amines is 1. The van der Waals surface area contributed by atoms with Crippen molar-refractivity contribution in [1.29, 1.82) is 0 Å². The maximum Gasteiger partial charge on any atom is 0.328 e. The Balaban J connectivity index is 2.32. The summed E-state index contributed by atoms with van der Waals surface area (Å²) < 4.78 is 1.25. The van der Waals surface area contributed by atoms with Gasteiger partial charge < -0.3 is 5.32 Å². The van der Waals surface area contributed by atoms with Gasteiger partial charge in [-0.15, -0.1) is 0 Å². The summed E-state index contributed by atoms with van der Waals surface area (Å²) in [5.74, 6) is 0.680. The van der Waals surface area contributed by atoms with E-state index in [-0.39, 0.29) is 11.6 Å². The number of H-pyrrole nitrogens is 1. The normalized spacial score (nSPS) is 10.6. The van der Waals surface area contributed by atoms with E-state index in [1.54, 1.807) is 12.1 Å². The third-order valence-electron chi connectivity index (χ3n) is 2.76. The minimum atomic E-state index is -0.615. The van der Waals surface area contributed by atoms with E-state index < -0.39 is 11.2 Å². The van der Waals surface area contributed by atoms with Crippen LogP contribution in [0, 0.1) is 0 Å². The second-order valence-corrected chi connectivity index (χ2v) is 5.23. The molecule has 0 aliphatic carbocycles. The molecule has 0 spiro atoms. The molecule has 2 rings (SSSR count). The number of aromatic nitrogens is 3. The molecule has 0 aromatic carbocycles. The highest BCUT2D eigenvalue weighted by atomic mass is 35.5. The van der Waals surface area contributed by atoms with Gasteiger partial charge in [0.2, 0.25) is 0 Å². The number of nitrogens with zero attached hydrogens (tertiary/aromatic N) is 2. The molecule has 0 aliphatic rings. The Morgan fingerprint density at radius 3 is 2.76 bits per heavy atom. The summed E-state index contributed by atoms with van der Waals surface area (Å²) in [7, 11) is 0. The van der Waals surface area contributed by atoms with Gasteiger partial charge >= 0.3 is 5.69 Å². The van der Waals surface area contributed by atoms with E-state index in [1.165, 1.54) is 10.8 Å². The molecule has 2 aromatic heterocycles. The number of halogens is 2. The minimum absolute atomic E-state index is 0.0639. The molecule has 21 heavy (non-hydrogen) atoms. The molecule has 2 N–H and O–H groups in total. The number of anilines is 1. The van der Waals surface area contributed by atoms with Crippen LogP contribution in [0.15, 0.2) is 27.9 Å². The molecular formula is C13H14Cl2N4O2. The van der Waals surface area contributed by atoms with Gasteiger partial charge in [0.1, 0.15) is 10.8 Å². The summed E-state index contributed by atoms with van der Waals surface area (Å²) in [5, 5.41) is 3.51. The van der Waals surface area contributed by atoms with Crippen LogP contribution in [0.3, 0.4) is 0 Å². The zero-order valence-electron chi connectivity index (χ0n) is 11.3. The lowest BCUT2D eigenvalue weighted by Gasteiger charge is -2.10. The molecular weight excluding hydrogens is 315 g/mol. The summed E-state index contributed by atoms with van der Waals surface area (Å²) in [5.41, 5.74) is -0.660. The Bertz CT molecular complexity index is 755. The first-order valence-electron chi connectivity index (χ1n) is 6.40. The Morgan fingerprint density at radius 2 is 2.05 bits per heavy atom. The van der Waals surface area contributed by atoms with Crippen molar-refractivity contribution in [3.63, 3.8) is 0 Å². The molecule has 0 amide bonds. The first kappa shape index (κ1) is 15.6. The highest BCUT2D eigenvalue weighted by Crippen LogP contribution is 2.17. The second kappa shape index (κ2) is 6.78. The van der Waals surface area contributed by atoms with Gasteiger partial charge in [-0.2, -0.15) is 0 Å². The maximum atomic E-state index is 11.7. The lowest BCUT2D eigenvalue weighted by Crippen LogP contribution is -2.30. The van der Waals surface area contributed by atoms with E-state index in [4.69, 9.17) is 23.2 Å². The van der Waals surface area contributed by atoms with E-state index in [0.29, 0.717) is 16.5 Å². The van der Waals surface area contributed by atoms with Crippen molar-refractivity contribution in [3.05, 3.63) is 54.9 Å². The van der Waals surface area contributed by atoms with Gasteiger partial charge in [0.05, 0.1) is 17.3 Å². The van der Waals surface area contributed by atoms with Crippen molar-refractivity contribution < 1.29 is 0 Å². The van der Waals surface area contributed by atoms with Crippen LogP contribution < -0.4 is 16.6 Å². The maximum absolute atomic E-state index is 11.7. The Labute approximate surface area is 130 Å². The van der Waals surface area contributed by atoms with Crippen LogP contribution in [0.4, 0.5) is 5.82 Å². The van der Waals surface area contributed by atoms with Crippen LogP contribution in [0.1, 0.15) is 19.0 Å². The minimum Gasteiger partial charge on any atom is -0.370 e. The molecule has 8 heteroatoms. The molecule has 2 aromatic rings. The highest BCUT2D eigenvalue weighted by molar-refractivity contribution is 6.31. The largest absolute Gasteiger partial charge is 0.370 e. The van der Waals surface area contributed by atoms with Gasteiger partial charge in [-0.25, -0.2) is 9.78 Å². The fraction of sp³-hybridized carbons (Fsp3) is 0.308. The number of hydrogen-bond acceptors (Lipinski definition) is 4. The van der Waals surface area contributed by atoms with E-state index in [0.717, 1.165) is 13.0 Å². The number of nitrogens with one attached hydrogen (secondary N) is 2. The van der Waals surface area contributed by atoms with Crippen molar-refractivity contribution in [3.8, 4) is 0 Å². The Hall–Kier alpha value is -1.79. The van der Waals surface area contributed by atoms with E-state index in [9.17, 15) is 9.59 Å². The van der Waals surface area contributed by atoms with E-state index in [2.05, 4.69) is 15.3 Å². The summed E-state index contributed by atoms with van der Waals surface area (Å²) in [4.78, 5) is 29.4. The van der Waals surface area contributed by atoms with Gasteiger partial charge in [0.25, 0.3) is 5.56 Å². The zero-order valence-corrected chi connectivity index (χ0v) is 12.8. The topological polar surface area (TPSA) is 79.8 Å². The zero-order chi connectivity index (χ0) is 15.4. The quantitative estimate of drug-likeness (QED) is 0.880. The summed E-state index contributed by atoms with van der Waals surface area (Å²) in [6, 6.07) is 3.48. The van der Waals surface area contributed by atoms with Gasteiger partial charge in [0.15, 0.2) is 0 Å². The molecule has 0 saturated carbocycles. The van der Waals surface area contributed by atoms with Crippen molar-refractivity contribution in [2.45, 2.75) is 19.9 Å². The van der Waals surface area contributed by atoms with Crippen LogP contribution in [-0.2, 0) is 6.54 Å². The smallest absolute Gasteiger partial charge is 0.328 e. The summed E-state index contributed by atoms with van der Waals surface area (Å²) in [6.45, 7) is 2.96. The average molecular weight is 329 g/mol. The molecule has 112 valence electrons. The molecule has 0 bridgehead atoms. The first-order chi connectivity index (χ1) is 10.0. The highest BCUT2D eigenvalue weighted by Gasteiger charge is 2.08. The van der Waals surface area contributed by atoms with Gasteiger partial charge in [0, 0.05) is 12.7 Å². The molecule has 0 radical (unpaired) electrons. The average Bonchev–Trinajstić information content (AvgIpc) is 2.45. The van der Waals surface area contributed by atoms with Gasteiger partial charge in [-0.1, -0.05) is 30.1 Å². The lowest BCUT2D eigenvalue weighted by molar-refractivity contribution is 0.706. The Kier molecular flexibility index (Phi) is 5.03. The first-order valence-corrected chi connectivity index (χ1v) is 7.15. The lowest BCUT2D eigenvalue weighted by atomic mass is 10.3. The predicted octanol–water partition coefficient (Wildman–Crippen LogP) is 2.11. The third kappa shape index (κ3) is 3.86. The number of rotatable bonds is 5. The molecule has 0 unspecified atom stereocenters. The third-order valence-corrected chi connectivity index (χ3v) is 3.38. The number of pyridine rings is 1. The fourth-order valence-corrected chi connectivity index (χ4v) is 2.04. The molecule has 0 fully saturated rings. The monoisotopic (exact) mass is 328 g/mol. The van der Waals surface area contributed by atoms with E-state index in [1.807, 2.05) is 6.92 Å². The summed E-state index contributed by atoms with van der Waals surface area (Å²) >= 11 is 11.8. The van der Waals surface area contributed by atoms with Crippen molar-refractivity contribution in [2.75, 3.05) is 11.9 Å².